The van der Waals surface area contributed by atoms with Crippen molar-refractivity contribution >= 4 is 5.97 Å². The van der Waals surface area contributed by atoms with Gasteiger partial charge in [-0.05, 0) is 43.4 Å². The fourth-order valence-electron chi connectivity index (χ4n) is 1.87. The van der Waals surface area contributed by atoms with Crippen molar-refractivity contribution in [2.75, 3.05) is 6.61 Å². The molecule has 0 aromatic heterocycles. The lowest BCUT2D eigenvalue weighted by Crippen LogP contribution is -2.08. The van der Waals surface area contributed by atoms with Gasteiger partial charge in [0, 0.05) is 11.5 Å². The summed E-state index contributed by atoms with van der Waals surface area (Å²) < 4.78 is 4.74. The SMILES string of the molecule is CCOC(=O)C#Cc1ccc(C2CCC2)cc1. The zero-order valence-corrected chi connectivity index (χ0v) is 10.0. The molecule has 1 aromatic rings. The molecule has 0 unspecified atom stereocenters. The summed E-state index contributed by atoms with van der Waals surface area (Å²) in [5.74, 6) is 5.55. The van der Waals surface area contributed by atoms with Crippen LogP contribution in [0.5, 0.6) is 0 Å². The van der Waals surface area contributed by atoms with E-state index in [4.69, 9.17) is 4.74 Å². The highest BCUT2D eigenvalue weighted by atomic mass is 16.5. The second kappa shape index (κ2) is 5.54. The number of carbonyl (C=O) groups is 1. The van der Waals surface area contributed by atoms with Gasteiger partial charge in [0.2, 0.25) is 0 Å². The minimum Gasteiger partial charge on any atom is -0.456 e. The molecular weight excluding hydrogens is 212 g/mol. The third kappa shape index (κ3) is 3.10. The van der Waals surface area contributed by atoms with Crippen molar-refractivity contribution in [1.82, 2.24) is 0 Å². The summed E-state index contributed by atoms with van der Waals surface area (Å²) in [6.45, 7) is 2.14. The van der Waals surface area contributed by atoms with E-state index in [0.717, 1.165) is 11.5 Å². The molecule has 0 bridgehead atoms. The fourth-order valence-corrected chi connectivity index (χ4v) is 1.87. The molecule has 0 amide bonds. The molecule has 1 fully saturated rings. The lowest BCUT2D eigenvalue weighted by Gasteiger charge is -2.25. The van der Waals surface area contributed by atoms with Crippen LogP contribution in [0.4, 0.5) is 0 Å². The van der Waals surface area contributed by atoms with E-state index in [0.29, 0.717) is 6.61 Å². The molecule has 17 heavy (non-hydrogen) atoms. The summed E-state index contributed by atoms with van der Waals surface area (Å²) in [4.78, 5) is 11.1. The number of hydrogen-bond acceptors (Lipinski definition) is 2. The first kappa shape index (κ1) is 11.7. The summed E-state index contributed by atoms with van der Waals surface area (Å²) >= 11 is 0. The van der Waals surface area contributed by atoms with Gasteiger partial charge < -0.3 is 4.74 Å². The van der Waals surface area contributed by atoms with Gasteiger partial charge in [-0.1, -0.05) is 24.5 Å². The molecular formula is C15H16O2. The Morgan fingerprint density at radius 1 is 1.35 bits per heavy atom. The number of ether oxygens (including phenoxy) is 1. The molecule has 88 valence electrons. The maximum Gasteiger partial charge on any atom is 0.384 e. The summed E-state index contributed by atoms with van der Waals surface area (Å²) in [6, 6.07) is 8.16. The number of carbonyl (C=O) groups excluding carboxylic acids is 1. The number of esters is 1. The summed E-state index contributed by atoms with van der Waals surface area (Å²) in [5, 5.41) is 0. The van der Waals surface area contributed by atoms with E-state index in [9.17, 15) is 4.79 Å². The van der Waals surface area contributed by atoms with E-state index in [1.54, 1.807) is 6.92 Å². The van der Waals surface area contributed by atoms with Crippen LogP contribution in [0, 0.1) is 11.8 Å². The lowest BCUT2D eigenvalue weighted by molar-refractivity contribution is -0.136. The van der Waals surface area contributed by atoms with Crippen molar-refractivity contribution in [2.45, 2.75) is 32.1 Å². The van der Waals surface area contributed by atoms with Gasteiger partial charge in [0.15, 0.2) is 0 Å². The Morgan fingerprint density at radius 3 is 2.59 bits per heavy atom. The van der Waals surface area contributed by atoms with Crippen LogP contribution in [-0.4, -0.2) is 12.6 Å². The minimum atomic E-state index is -0.462. The Morgan fingerprint density at radius 2 is 2.06 bits per heavy atom. The third-order valence-electron chi connectivity index (χ3n) is 3.07. The van der Waals surface area contributed by atoms with Gasteiger partial charge >= 0.3 is 5.97 Å². The molecule has 2 nitrogen and oxygen atoms in total. The molecule has 0 spiro atoms. The van der Waals surface area contributed by atoms with E-state index in [1.807, 2.05) is 12.1 Å². The van der Waals surface area contributed by atoms with E-state index >= 15 is 0 Å². The molecule has 2 rings (SSSR count). The van der Waals surface area contributed by atoms with Crippen LogP contribution in [0.2, 0.25) is 0 Å². The van der Waals surface area contributed by atoms with Crippen LogP contribution in [0.3, 0.4) is 0 Å². The van der Waals surface area contributed by atoms with Crippen molar-refractivity contribution in [3.63, 3.8) is 0 Å². The standard InChI is InChI=1S/C15H16O2/c1-2-17-15(16)11-8-12-6-9-14(10-7-12)13-4-3-5-13/h6-7,9-10,13H,2-5H2,1H3. The first-order valence-electron chi connectivity index (χ1n) is 6.08. The van der Waals surface area contributed by atoms with E-state index in [1.165, 1.54) is 24.8 Å². The monoisotopic (exact) mass is 228 g/mol. The van der Waals surface area contributed by atoms with Gasteiger partial charge in [-0.2, -0.15) is 0 Å². The fraction of sp³-hybridized carbons (Fsp3) is 0.400. The zero-order chi connectivity index (χ0) is 12.1. The number of hydrogen-bond donors (Lipinski definition) is 0. The van der Waals surface area contributed by atoms with Gasteiger partial charge in [0.1, 0.15) is 0 Å². The van der Waals surface area contributed by atoms with Crippen LogP contribution < -0.4 is 0 Å². The smallest absolute Gasteiger partial charge is 0.384 e. The van der Waals surface area contributed by atoms with Gasteiger partial charge in [-0.25, -0.2) is 4.79 Å². The largest absolute Gasteiger partial charge is 0.456 e. The average molecular weight is 228 g/mol. The van der Waals surface area contributed by atoms with Crippen LogP contribution >= 0.6 is 0 Å². The highest BCUT2D eigenvalue weighted by molar-refractivity contribution is 5.89. The number of rotatable bonds is 2. The van der Waals surface area contributed by atoms with Crippen LogP contribution in [0.15, 0.2) is 24.3 Å². The molecule has 2 heteroatoms. The highest BCUT2D eigenvalue weighted by Gasteiger charge is 2.18. The van der Waals surface area contributed by atoms with Gasteiger partial charge in [0.25, 0.3) is 0 Å². The Hall–Kier alpha value is -1.75. The molecule has 0 heterocycles. The average Bonchev–Trinajstić information content (AvgIpc) is 2.26. The van der Waals surface area contributed by atoms with E-state index in [-0.39, 0.29) is 0 Å². The van der Waals surface area contributed by atoms with Crippen molar-refractivity contribution in [1.29, 1.82) is 0 Å². The lowest BCUT2D eigenvalue weighted by atomic mass is 9.80. The molecule has 1 saturated carbocycles. The molecule has 0 N–H and O–H groups in total. The summed E-state index contributed by atoms with van der Waals surface area (Å²) in [6.07, 6.45) is 3.94. The van der Waals surface area contributed by atoms with Gasteiger partial charge in [0.05, 0.1) is 6.61 Å². The Labute approximate surface area is 102 Å². The molecule has 0 saturated heterocycles. The Kier molecular flexibility index (Phi) is 3.82. The molecule has 1 aromatic carbocycles. The molecule has 0 radical (unpaired) electrons. The highest BCUT2D eigenvalue weighted by Crippen LogP contribution is 2.36. The van der Waals surface area contributed by atoms with Crippen molar-refractivity contribution in [2.24, 2.45) is 0 Å². The van der Waals surface area contributed by atoms with Gasteiger partial charge in [-0.15, -0.1) is 0 Å². The molecule has 0 aliphatic heterocycles. The normalized spacial score (nSPS) is 14.4. The van der Waals surface area contributed by atoms with Crippen LogP contribution in [-0.2, 0) is 9.53 Å². The summed E-state index contributed by atoms with van der Waals surface area (Å²) in [5.41, 5.74) is 2.25. The minimum absolute atomic E-state index is 0.369. The van der Waals surface area contributed by atoms with E-state index < -0.39 is 5.97 Å². The maximum atomic E-state index is 11.1. The second-order valence-electron chi connectivity index (χ2n) is 4.22. The Bertz CT molecular complexity index is 444. The summed E-state index contributed by atoms with van der Waals surface area (Å²) in [7, 11) is 0. The van der Waals surface area contributed by atoms with Crippen LogP contribution in [0.25, 0.3) is 0 Å². The van der Waals surface area contributed by atoms with Gasteiger partial charge in [-0.3, -0.25) is 0 Å². The number of benzene rings is 1. The topological polar surface area (TPSA) is 26.3 Å². The van der Waals surface area contributed by atoms with Crippen LogP contribution in [0.1, 0.15) is 43.2 Å². The second-order valence-corrected chi connectivity index (χ2v) is 4.22. The quantitative estimate of drug-likeness (QED) is 0.574. The maximum absolute atomic E-state index is 11.1. The first-order valence-corrected chi connectivity index (χ1v) is 6.08. The third-order valence-corrected chi connectivity index (χ3v) is 3.07. The zero-order valence-electron chi connectivity index (χ0n) is 10.0. The first-order chi connectivity index (χ1) is 8.29. The Balaban J connectivity index is 1.99. The molecule has 1 aliphatic carbocycles. The molecule has 0 atom stereocenters. The van der Waals surface area contributed by atoms with Crippen molar-refractivity contribution in [3.8, 4) is 11.8 Å². The molecule has 1 aliphatic rings. The predicted octanol–water partition coefficient (Wildman–Crippen LogP) is 2.87. The van der Waals surface area contributed by atoms with Crippen molar-refractivity contribution in [3.05, 3.63) is 35.4 Å². The van der Waals surface area contributed by atoms with Crippen molar-refractivity contribution < 1.29 is 9.53 Å². The van der Waals surface area contributed by atoms with E-state index in [2.05, 4.69) is 24.0 Å². The predicted molar refractivity (Wildman–Crippen MR) is 66.5 cm³/mol.